The van der Waals surface area contributed by atoms with Gasteiger partial charge in [0, 0.05) is 7.11 Å². The summed E-state index contributed by atoms with van der Waals surface area (Å²) in [5.74, 6) is 0. The summed E-state index contributed by atoms with van der Waals surface area (Å²) in [5.41, 5.74) is 0. The molecule has 0 aromatic heterocycles. The van der Waals surface area contributed by atoms with E-state index in [0.717, 1.165) is 13.7 Å². The smallest absolute Gasteiger partial charge is 0.0810 e. The number of epoxide rings is 1. The summed E-state index contributed by atoms with van der Waals surface area (Å²) in [5, 5.41) is 7.00. The van der Waals surface area contributed by atoms with E-state index in [2.05, 4.69) is 6.92 Å². The summed E-state index contributed by atoms with van der Waals surface area (Å²) >= 11 is 0. The van der Waals surface area contributed by atoms with Crippen LogP contribution in [0.25, 0.3) is 0 Å². The summed E-state index contributed by atoms with van der Waals surface area (Å²) in [6.45, 7) is 3.32. The van der Waals surface area contributed by atoms with Gasteiger partial charge in [0.25, 0.3) is 0 Å². The lowest BCUT2D eigenvalue weighted by Crippen LogP contribution is -1.86. The maximum absolute atomic E-state index is 7.00. The van der Waals surface area contributed by atoms with Crippen molar-refractivity contribution >= 4 is 0 Å². The molecule has 1 rings (SSSR count). The van der Waals surface area contributed by atoms with E-state index in [1.807, 2.05) is 0 Å². The summed E-state index contributed by atoms with van der Waals surface area (Å²) in [7, 11) is 1.00. The van der Waals surface area contributed by atoms with Crippen molar-refractivity contribution < 1.29 is 9.84 Å². The second-order valence-corrected chi connectivity index (χ2v) is 4.57. The molecule has 0 amide bonds. The highest BCUT2D eigenvalue weighted by Crippen LogP contribution is 2.18. The van der Waals surface area contributed by atoms with Crippen molar-refractivity contribution in [1.29, 1.82) is 0 Å². The molecule has 2 heteroatoms. The lowest BCUT2D eigenvalue weighted by atomic mass is 10.1. The largest absolute Gasteiger partial charge is 0.400 e. The van der Waals surface area contributed by atoms with Crippen molar-refractivity contribution in [3.8, 4) is 0 Å². The molecule has 0 saturated carbocycles. The van der Waals surface area contributed by atoms with Crippen LogP contribution in [-0.4, -0.2) is 24.9 Å². The number of ether oxygens (including phenoxy) is 1. The van der Waals surface area contributed by atoms with Crippen molar-refractivity contribution in [2.75, 3.05) is 13.7 Å². The van der Waals surface area contributed by atoms with Crippen molar-refractivity contribution in [1.82, 2.24) is 0 Å². The zero-order valence-corrected chi connectivity index (χ0v) is 11.2. The Kier molecular flexibility index (Phi) is 12.9. The molecule has 0 radical (unpaired) electrons. The maximum Gasteiger partial charge on any atom is 0.0810 e. The molecule has 16 heavy (non-hydrogen) atoms. The highest BCUT2D eigenvalue weighted by atomic mass is 16.6. The van der Waals surface area contributed by atoms with E-state index in [0.29, 0.717) is 6.10 Å². The molecule has 0 aromatic rings. The summed E-state index contributed by atoms with van der Waals surface area (Å²) in [6.07, 6.45) is 14.8. The lowest BCUT2D eigenvalue weighted by Gasteiger charge is -2.00. The van der Waals surface area contributed by atoms with Crippen molar-refractivity contribution in [3.05, 3.63) is 0 Å². The van der Waals surface area contributed by atoms with Crippen molar-refractivity contribution in [2.45, 2.75) is 77.2 Å². The van der Waals surface area contributed by atoms with Gasteiger partial charge in [-0.3, -0.25) is 0 Å². The van der Waals surface area contributed by atoms with Crippen molar-refractivity contribution in [3.63, 3.8) is 0 Å². The van der Waals surface area contributed by atoms with Crippen LogP contribution in [0.3, 0.4) is 0 Å². The van der Waals surface area contributed by atoms with Gasteiger partial charge in [-0.25, -0.2) is 0 Å². The fourth-order valence-electron chi connectivity index (χ4n) is 1.92. The van der Waals surface area contributed by atoms with Gasteiger partial charge in [-0.1, -0.05) is 64.7 Å². The molecule has 1 aliphatic heterocycles. The predicted octanol–water partition coefficient (Wildman–Crippen LogP) is 3.91. The van der Waals surface area contributed by atoms with Gasteiger partial charge in [-0.15, -0.1) is 0 Å². The molecule has 0 spiro atoms. The second kappa shape index (κ2) is 13.0. The van der Waals surface area contributed by atoms with Crippen LogP contribution >= 0.6 is 0 Å². The molecule has 1 fully saturated rings. The van der Waals surface area contributed by atoms with Crippen LogP contribution in [0.2, 0.25) is 0 Å². The Bertz CT molecular complexity index is 122. The van der Waals surface area contributed by atoms with E-state index in [4.69, 9.17) is 9.84 Å². The van der Waals surface area contributed by atoms with E-state index < -0.39 is 0 Å². The Morgan fingerprint density at radius 3 is 1.75 bits per heavy atom. The number of hydrogen-bond donors (Lipinski definition) is 1. The fourth-order valence-corrected chi connectivity index (χ4v) is 1.92. The number of rotatable bonds is 10. The topological polar surface area (TPSA) is 32.8 Å². The Labute approximate surface area is 101 Å². The van der Waals surface area contributed by atoms with Crippen LogP contribution in [-0.2, 0) is 4.74 Å². The summed E-state index contributed by atoms with van der Waals surface area (Å²) < 4.78 is 5.18. The van der Waals surface area contributed by atoms with Crippen molar-refractivity contribution in [2.24, 2.45) is 0 Å². The van der Waals surface area contributed by atoms with Gasteiger partial charge in [0.1, 0.15) is 0 Å². The predicted molar refractivity (Wildman–Crippen MR) is 69.7 cm³/mol. The molecule has 0 unspecified atom stereocenters. The standard InChI is InChI=1S/C13H26O.CH4O/c1-2-3-4-5-6-7-8-9-10-11-13-12-14-13;1-2/h13H,2-12H2,1H3;2H,1H3/t13-;/m1./s1. The molecule has 1 aliphatic rings. The quantitative estimate of drug-likeness (QED) is 0.456. The normalized spacial score (nSPS) is 17.8. The second-order valence-electron chi connectivity index (χ2n) is 4.57. The van der Waals surface area contributed by atoms with Gasteiger partial charge in [0.15, 0.2) is 0 Å². The number of aliphatic hydroxyl groups excluding tert-OH is 1. The average Bonchev–Trinajstić information content (AvgIpc) is 3.14. The van der Waals surface area contributed by atoms with E-state index in [-0.39, 0.29) is 0 Å². The molecule has 0 aliphatic carbocycles. The number of hydrogen-bond acceptors (Lipinski definition) is 2. The zero-order chi connectivity index (χ0) is 12.1. The minimum atomic E-state index is 0.652. The molecule has 0 aromatic carbocycles. The number of unbranched alkanes of at least 4 members (excludes halogenated alkanes) is 8. The first kappa shape index (κ1) is 15.9. The molecule has 98 valence electrons. The first-order chi connectivity index (χ1) is 7.93. The third-order valence-electron chi connectivity index (χ3n) is 3.03. The Morgan fingerprint density at radius 2 is 1.31 bits per heavy atom. The van der Waals surface area contributed by atoms with E-state index in [1.54, 1.807) is 0 Å². The van der Waals surface area contributed by atoms with E-state index in [9.17, 15) is 0 Å². The van der Waals surface area contributed by atoms with Gasteiger partial charge >= 0.3 is 0 Å². The zero-order valence-electron chi connectivity index (χ0n) is 11.2. The van der Waals surface area contributed by atoms with Gasteiger partial charge < -0.3 is 9.84 Å². The SMILES string of the molecule is CCCCCCCCCCC[C@@H]1CO1.CO. The average molecular weight is 230 g/mol. The van der Waals surface area contributed by atoms with E-state index >= 15 is 0 Å². The molecule has 2 nitrogen and oxygen atoms in total. The van der Waals surface area contributed by atoms with Crippen LogP contribution < -0.4 is 0 Å². The van der Waals surface area contributed by atoms with Gasteiger partial charge in [-0.2, -0.15) is 0 Å². The minimum Gasteiger partial charge on any atom is -0.400 e. The third-order valence-corrected chi connectivity index (χ3v) is 3.03. The van der Waals surface area contributed by atoms with Gasteiger partial charge in [0.05, 0.1) is 12.7 Å². The first-order valence-electron chi connectivity index (χ1n) is 7.00. The van der Waals surface area contributed by atoms with Crippen LogP contribution in [0.15, 0.2) is 0 Å². The van der Waals surface area contributed by atoms with Crippen LogP contribution in [0.1, 0.15) is 71.1 Å². The molecule has 0 bridgehead atoms. The van der Waals surface area contributed by atoms with E-state index in [1.165, 1.54) is 64.2 Å². The minimum absolute atomic E-state index is 0.652. The molecule has 1 saturated heterocycles. The highest BCUT2D eigenvalue weighted by molar-refractivity contribution is 4.68. The molecular weight excluding hydrogens is 200 g/mol. The molecule has 1 atom stereocenters. The van der Waals surface area contributed by atoms with Crippen LogP contribution in [0, 0.1) is 0 Å². The van der Waals surface area contributed by atoms with Gasteiger partial charge in [0.2, 0.25) is 0 Å². The van der Waals surface area contributed by atoms with Crippen LogP contribution in [0.4, 0.5) is 0 Å². The maximum atomic E-state index is 7.00. The van der Waals surface area contributed by atoms with Crippen LogP contribution in [0.5, 0.6) is 0 Å². The first-order valence-corrected chi connectivity index (χ1v) is 7.00. The molecular formula is C14H30O2. The van der Waals surface area contributed by atoms with Gasteiger partial charge in [-0.05, 0) is 6.42 Å². The lowest BCUT2D eigenvalue weighted by molar-refractivity contribution is 0.387. The Balaban J connectivity index is 0.00000106. The molecule has 1 N–H and O–H groups in total. The summed E-state index contributed by atoms with van der Waals surface area (Å²) in [4.78, 5) is 0. The number of aliphatic hydroxyl groups is 1. The highest BCUT2D eigenvalue weighted by Gasteiger charge is 2.20. The monoisotopic (exact) mass is 230 g/mol. The molecule has 1 heterocycles. The Hall–Kier alpha value is -0.0800. The summed E-state index contributed by atoms with van der Waals surface area (Å²) in [6, 6.07) is 0. The fraction of sp³-hybridized carbons (Fsp3) is 1.00. The Morgan fingerprint density at radius 1 is 0.875 bits per heavy atom. The third kappa shape index (κ3) is 12.0.